The highest BCUT2D eigenvalue weighted by Gasteiger charge is 2.54. The largest absolute Gasteiger partial charge is 0.470 e. The van der Waals surface area contributed by atoms with Crippen LogP contribution in [0.2, 0.25) is 0 Å². The zero-order chi connectivity index (χ0) is 88.6. The number of rotatable bonds is 84. The first-order chi connectivity index (χ1) is 58.6. The van der Waals surface area contributed by atoms with Crippen molar-refractivity contribution in [2.45, 2.75) is 564 Å². The van der Waals surface area contributed by atoms with Crippen molar-refractivity contribution in [2.75, 3.05) is 13.2 Å². The van der Waals surface area contributed by atoms with Gasteiger partial charge in [0.1, 0.15) is 48.7 Å². The van der Waals surface area contributed by atoms with Gasteiger partial charge in [0, 0.05) is 12.8 Å². The van der Waals surface area contributed by atoms with Crippen LogP contribution >= 0.6 is 7.82 Å². The van der Waals surface area contributed by atoms with Gasteiger partial charge in [-0.05, 0) is 51.4 Å². The maximum absolute atomic E-state index is 15.1. The molecule has 24 nitrogen and oxygen atoms in total. The number of hydrogen-bond acceptors (Lipinski definition) is 20. The van der Waals surface area contributed by atoms with Crippen LogP contribution in [-0.2, 0) is 71.0 Å². The van der Waals surface area contributed by atoms with Gasteiger partial charge >= 0.3 is 31.7 Å². The standard InChI is InChI=1S/C96H181N2O22P/c1-7-13-19-25-31-37-39-45-51-57-63-69-85(104)114-79(67-61-55-49-43-35-29-23-17-11-5)73-84(103)98-90-94(119-88(107)74-80(68-62-56-50-44-36-30-24-18-12-6)115-86(105)70-64-58-52-46-40-38-32-26-20-14-8-2)92(120-121(110,111)112)81(75-99)117-96(90)113-76-82-91(108)93(118-87(106)72-78(101)66-60-54-48-42-34-28-22-16-10-4)89(95(109)116-82)97-83(102)71-77(100)65-59-53-47-41-33-27-21-15-9-3/h77-82,89-96,99-101,108-109H,7-76H2,1-6H3,(H,97,102)(H,98,103)(H2,110,111,112)/t77-,78-,79-,80-,81-,82-,89-,90+,91-,92-,93-,94-,95+,96-/m1/s1. The second-order valence-corrected chi connectivity index (χ2v) is 36.8. The molecule has 0 aromatic rings. The zero-order valence-electron chi connectivity index (χ0n) is 77.3. The van der Waals surface area contributed by atoms with E-state index in [1.165, 1.54) is 135 Å². The highest BCUT2D eigenvalue weighted by Crippen LogP contribution is 2.43. The Morgan fingerprint density at radius 3 is 1.02 bits per heavy atom. The highest BCUT2D eigenvalue weighted by molar-refractivity contribution is 7.46. The molecule has 0 unspecified atom stereocenters. The van der Waals surface area contributed by atoms with Gasteiger partial charge in [-0.25, -0.2) is 4.57 Å². The minimum Gasteiger partial charge on any atom is -0.462 e. The Morgan fingerprint density at radius 1 is 0.347 bits per heavy atom. The number of hydrogen-bond donors (Lipinski definition) is 9. The van der Waals surface area contributed by atoms with Crippen LogP contribution in [-0.4, -0.2) is 170 Å². The summed E-state index contributed by atoms with van der Waals surface area (Å²) in [6, 6.07) is -3.47. The first-order valence-corrected chi connectivity index (χ1v) is 51.5. The molecule has 0 aromatic carbocycles. The molecule has 0 spiro atoms. The summed E-state index contributed by atoms with van der Waals surface area (Å²) in [6.45, 7) is 11.3. The van der Waals surface area contributed by atoms with Gasteiger partial charge < -0.3 is 79.1 Å². The Bertz CT molecular complexity index is 2550. The summed E-state index contributed by atoms with van der Waals surface area (Å²) in [5.41, 5.74) is 0. The second kappa shape index (κ2) is 76.6. The van der Waals surface area contributed by atoms with Crippen molar-refractivity contribution < 1.29 is 106 Å². The molecule has 0 aromatic heterocycles. The Labute approximate surface area is 733 Å². The lowest BCUT2D eigenvalue weighted by atomic mass is 9.95. The van der Waals surface area contributed by atoms with Gasteiger partial charge in [-0.2, -0.15) is 0 Å². The van der Waals surface area contributed by atoms with E-state index in [0.717, 1.165) is 199 Å². The summed E-state index contributed by atoms with van der Waals surface area (Å²) >= 11 is 0. The van der Waals surface area contributed by atoms with Crippen LogP contribution in [0.15, 0.2) is 0 Å². The molecule has 2 aliphatic rings. The molecular weight excluding hydrogens is 1560 g/mol. The van der Waals surface area contributed by atoms with E-state index in [1.54, 1.807) is 0 Å². The Morgan fingerprint density at radius 2 is 0.653 bits per heavy atom. The van der Waals surface area contributed by atoms with Crippen LogP contribution in [0.1, 0.15) is 478 Å². The normalized spacial score (nSPS) is 20.4. The number of carbonyl (C=O) groups excluding carboxylic acids is 6. The van der Waals surface area contributed by atoms with Crippen LogP contribution in [0.4, 0.5) is 0 Å². The minimum atomic E-state index is -5.62. The molecule has 0 saturated carbocycles. The van der Waals surface area contributed by atoms with Gasteiger partial charge in [0.05, 0.1) is 51.1 Å². The van der Waals surface area contributed by atoms with E-state index in [9.17, 15) is 63.9 Å². The average Bonchev–Trinajstić information content (AvgIpc) is 0.777. The molecule has 0 radical (unpaired) electrons. The molecule has 121 heavy (non-hydrogen) atoms. The summed E-state index contributed by atoms with van der Waals surface area (Å²) in [6.07, 6.45) is 40.7. The first-order valence-electron chi connectivity index (χ1n) is 50.0. The summed E-state index contributed by atoms with van der Waals surface area (Å²) in [5, 5.41) is 63.3. The number of esters is 4. The monoisotopic (exact) mass is 1750 g/mol. The molecule has 2 rings (SSSR count). The van der Waals surface area contributed by atoms with Gasteiger partial charge in [0.15, 0.2) is 24.8 Å². The number of phosphoric acid groups is 1. The van der Waals surface area contributed by atoms with Crippen LogP contribution in [0, 0.1) is 0 Å². The molecule has 2 saturated heterocycles. The molecule has 2 heterocycles. The number of nitrogens with one attached hydrogen (secondary N) is 2. The van der Waals surface area contributed by atoms with E-state index >= 15 is 4.79 Å². The molecule has 0 aliphatic carbocycles. The van der Waals surface area contributed by atoms with E-state index in [2.05, 4.69) is 52.2 Å². The molecule has 2 aliphatic heterocycles. The molecule has 25 heteroatoms. The average molecular weight is 1750 g/mol. The van der Waals surface area contributed by atoms with Gasteiger partial charge in [0.25, 0.3) is 0 Å². The predicted octanol–water partition coefficient (Wildman–Crippen LogP) is 21.3. The number of carbonyl (C=O) groups is 6. The lowest BCUT2D eigenvalue weighted by Gasteiger charge is -2.46. The van der Waals surface area contributed by atoms with Crippen molar-refractivity contribution in [3.05, 3.63) is 0 Å². The van der Waals surface area contributed by atoms with Gasteiger partial charge in [-0.1, -0.05) is 388 Å². The zero-order valence-corrected chi connectivity index (χ0v) is 78.2. The first kappa shape index (κ1) is 114. The number of aliphatic hydroxyl groups is 5. The van der Waals surface area contributed by atoms with Gasteiger partial charge in [-0.3, -0.25) is 33.3 Å². The second-order valence-electron chi connectivity index (χ2n) is 35.7. The molecule has 14 atom stereocenters. The van der Waals surface area contributed by atoms with Crippen molar-refractivity contribution in [2.24, 2.45) is 0 Å². The summed E-state index contributed by atoms with van der Waals surface area (Å²) < 4.78 is 61.9. The Balaban J connectivity index is 2.73. The minimum absolute atomic E-state index is 0.111. The van der Waals surface area contributed by atoms with Crippen LogP contribution in [0.5, 0.6) is 0 Å². The molecule has 2 fully saturated rings. The quantitative estimate of drug-likeness (QED) is 0.0118. The third kappa shape index (κ3) is 60.9. The highest BCUT2D eigenvalue weighted by atomic mass is 31.2. The predicted molar refractivity (Wildman–Crippen MR) is 479 cm³/mol. The summed E-state index contributed by atoms with van der Waals surface area (Å²) in [5.74, 6) is -4.55. The maximum atomic E-state index is 15.1. The number of phosphoric ester groups is 1. The topological polar surface area (TPSA) is 359 Å². The molecular formula is C96H181N2O22P. The maximum Gasteiger partial charge on any atom is 0.470 e. The fraction of sp³-hybridized carbons (Fsp3) is 0.938. The van der Waals surface area contributed by atoms with Crippen molar-refractivity contribution in [3.63, 3.8) is 0 Å². The van der Waals surface area contributed by atoms with Crippen LogP contribution in [0.3, 0.4) is 0 Å². The van der Waals surface area contributed by atoms with Crippen molar-refractivity contribution in [1.82, 2.24) is 10.6 Å². The fourth-order valence-corrected chi connectivity index (χ4v) is 17.3. The number of unbranched alkanes of at least 4 members (excludes halogenated alkanes) is 52. The van der Waals surface area contributed by atoms with Crippen LogP contribution < -0.4 is 10.6 Å². The van der Waals surface area contributed by atoms with E-state index in [-0.39, 0.29) is 25.7 Å². The van der Waals surface area contributed by atoms with E-state index in [4.69, 9.17) is 37.7 Å². The summed E-state index contributed by atoms with van der Waals surface area (Å²) in [7, 11) is -5.62. The smallest absolute Gasteiger partial charge is 0.462 e. The number of amides is 2. The molecule has 712 valence electrons. The SMILES string of the molecule is CCCCCCCCCCCCCC(=O)O[C@H](CCCCCCCCCCC)CC(=O)N[C@@H]1[C@H](OC[C@H]2O[C@H](O)[C@H](NC(=O)C[C@H](O)CCCCCCCCCCC)[C@@H](OC(=O)C[C@H](O)CCCCCCCCCCC)[C@@H]2O)O[C@H](CO)[C@@H](OP(=O)(O)O)[C@@H]1OC(=O)C[C@@H](CCCCCCCCCCC)OC(=O)CCCCCCCCCCCCC. The molecule has 9 N–H and O–H groups in total. The molecule has 0 bridgehead atoms. The van der Waals surface area contributed by atoms with Gasteiger partial charge in [-0.15, -0.1) is 0 Å². The Kier molecular flexibility index (Phi) is 72.0. The summed E-state index contributed by atoms with van der Waals surface area (Å²) in [4.78, 5) is 107. The third-order valence-electron chi connectivity index (χ3n) is 24.1. The van der Waals surface area contributed by atoms with E-state index < -0.39 is 168 Å². The fourth-order valence-electron chi connectivity index (χ4n) is 16.7. The lowest BCUT2D eigenvalue weighted by Crippen LogP contribution is -2.68. The van der Waals surface area contributed by atoms with Crippen LogP contribution in [0.25, 0.3) is 0 Å². The van der Waals surface area contributed by atoms with Crippen molar-refractivity contribution in [1.29, 1.82) is 0 Å². The van der Waals surface area contributed by atoms with Crippen molar-refractivity contribution >= 4 is 43.5 Å². The Hall–Kier alpha value is -3.39. The number of aliphatic hydroxyl groups excluding tert-OH is 5. The van der Waals surface area contributed by atoms with Crippen molar-refractivity contribution in [3.8, 4) is 0 Å². The number of ether oxygens (including phenoxy) is 7. The molecule has 2 amide bonds. The van der Waals surface area contributed by atoms with Gasteiger partial charge in [0.2, 0.25) is 11.8 Å². The third-order valence-corrected chi connectivity index (χ3v) is 24.6. The lowest BCUT2D eigenvalue weighted by molar-refractivity contribution is -0.298. The van der Waals surface area contributed by atoms with E-state index in [1.807, 2.05) is 0 Å². The van der Waals surface area contributed by atoms with E-state index in [0.29, 0.717) is 51.4 Å².